The summed E-state index contributed by atoms with van der Waals surface area (Å²) in [4.78, 5) is 32.2. The molecule has 0 aliphatic heterocycles. The molecular weight excluding hydrogens is 609 g/mol. The van der Waals surface area contributed by atoms with E-state index < -0.39 is 0 Å². The van der Waals surface area contributed by atoms with Crippen molar-refractivity contribution in [3.8, 4) is 10.4 Å². The van der Waals surface area contributed by atoms with Gasteiger partial charge in [-0.1, -0.05) is 72.3 Å². The molecule has 0 aliphatic carbocycles. The van der Waals surface area contributed by atoms with E-state index in [1.807, 2.05) is 66.7 Å². The van der Waals surface area contributed by atoms with Crippen LogP contribution in [0.25, 0.3) is 58.6 Å². The fourth-order valence-electron chi connectivity index (χ4n) is 7.61. The van der Waals surface area contributed by atoms with Gasteiger partial charge in [-0.05, 0) is 104 Å². The van der Waals surface area contributed by atoms with Gasteiger partial charge in [-0.3, -0.25) is 9.59 Å². The molecule has 0 amide bonds. The number of nitrogens with zero attached hydrogens (tertiary/aromatic N) is 2. The van der Waals surface area contributed by atoms with Gasteiger partial charge in [-0.25, -0.2) is 0 Å². The molecule has 0 spiro atoms. The molecule has 0 bridgehead atoms. The van der Waals surface area contributed by atoms with Crippen LogP contribution in [0, 0.1) is 20.8 Å². The molecule has 0 aliphatic rings. The smallest absolute Gasteiger partial charge is 0.199 e. The minimum Gasteiger partial charge on any atom is -0.309 e. The van der Waals surface area contributed by atoms with Crippen LogP contribution in [0.5, 0.6) is 0 Å². The van der Waals surface area contributed by atoms with E-state index in [4.69, 9.17) is 0 Å². The van der Waals surface area contributed by atoms with Crippen molar-refractivity contribution in [3.63, 3.8) is 0 Å². The van der Waals surface area contributed by atoms with Gasteiger partial charge in [0.1, 0.15) is 0 Å². The van der Waals surface area contributed by atoms with E-state index in [0.29, 0.717) is 27.1 Å². The van der Waals surface area contributed by atoms with E-state index in [1.165, 1.54) is 15.6 Å². The van der Waals surface area contributed by atoms with E-state index in [-0.39, 0.29) is 10.9 Å². The van der Waals surface area contributed by atoms with E-state index in [2.05, 4.69) is 90.7 Å². The fraction of sp³-hybridized carbons (Fsp3) is 0.0698. The highest BCUT2D eigenvalue weighted by molar-refractivity contribution is 7.22. The summed E-state index contributed by atoms with van der Waals surface area (Å²) >= 11 is 1.74. The average Bonchev–Trinajstić information content (AvgIpc) is 3.54. The summed E-state index contributed by atoms with van der Waals surface area (Å²) in [7, 11) is 0. The molecule has 3 aromatic heterocycles. The Morgan fingerprint density at radius 2 is 1.31 bits per heavy atom. The molecule has 230 valence electrons. The quantitative estimate of drug-likeness (QED) is 0.142. The van der Waals surface area contributed by atoms with E-state index in [9.17, 15) is 9.59 Å². The highest BCUT2D eigenvalue weighted by atomic mass is 32.1. The molecule has 4 nitrogen and oxygen atoms in total. The molecule has 0 saturated carbocycles. The summed E-state index contributed by atoms with van der Waals surface area (Å²) in [5.74, 6) is 0. The van der Waals surface area contributed by atoms with Crippen LogP contribution in [-0.2, 0) is 0 Å². The maximum atomic E-state index is 14.8. The number of thiophene rings is 1. The third kappa shape index (κ3) is 4.14. The number of aromatic nitrogens is 1. The molecule has 0 radical (unpaired) electrons. The Kier molecular flexibility index (Phi) is 6.30. The van der Waals surface area contributed by atoms with E-state index in [0.717, 1.165) is 49.7 Å². The van der Waals surface area contributed by atoms with Crippen molar-refractivity contribution < 1.29 is 0 Å². The first-order chi connectivity index (χ1) is 23.4. The minimum absolute atomic E-state index is 0.0646. The van der Waals surface area contributed by atoms with Crippen molar-refractivity contribution >= 4 is 76.6 Å². The number of hydrogen-bond acceptors (Lipinski definition) is 4. The molecule has 0 saturated heterocycles. The number of pyridine rings is 2. The molecule has 3 heterocycles. The van der Waals surface area contributed by atoms with Gasteiger partial charge in [-0.15, -0.1) is 11.3 Å². The van der Waals surface area contributed by atoms with Crippen molar-refractivity contribution in [3.05, 3.63) is 165 Å². The molecule has 0 N–H and O–H groups in total. The molecule has 9 aromatic rings. The van der Waals surface area contributed by atoms with Gasteiger partial charge < -0.3 is 9.30 Å². The maximum absolute atomic E-state index is 14.8. The lowest BCUT2D eigenvalue weighted by Gasteiger charge is -2.30. The molecule has 5 heteroatoms. The van der Waals surface area contributed by atoms with Crippen LogP contribution < -0.4 is 15.8 Å². The van der Waals surface area contributed by atoms with Crippen LogP contribution in [-0.4, -0.2) is 4.40 Å². The monoisotopic (exact) mass is 638 g/mol. The standard InChI is InChI=1S/C43H30N2O2S/c1-25-21-26(2)40(27(3)22-25)44(30-12-5-4-6-13-30)34-16-10-17-35-39(34)43(47)33-15-9-14-32-41(33)45(35)36-23-29(19-20-31(36)42(32)46)38-24-28-11-7-8-18-37(28)48-38/h4-24H,1-3H3. The highest BCUT2D eigenvalue weighted by Gasteiger charge is 2.24. The van der Waals surface area contributed by atoms with Crippen LogP contribution in [0.2, 0.25) is 0 Å². The fourth-order valence-corrected chi connectivity index (χ4v) is 8.67. The van der Waals surface area contributed by atoms with Gasteiger partial charge in [0.15, 0.2) is 10.9 Å². The predicted octanol–water partition coefficient (Wildman–Crippen LogP) is 10.8. The first-order valence-electron chi connectivity index (χ1n) is 16.1. The zero-order chi connectivity index (χ0) is 32.7. The summed E-state index contributed by atoms with van der Waals surface area (Å²) in [5.41, 5.74) is 9.36. The van der Waals surface area contributed by atoms with Gasteiger partial charge in [0.25, 0.3) is 0 Å². The number of hydrogen-bond donors (Lipinski definition) is 0. The van der Waals surface area contributed by atoms with Gasteiger partial charge in [0.05, 0.1) is 33.3 Å². The Bertz CT molecular complexity index is 2810. The molecule has 48 heavy (non-hydrogen) atoms. The number of para-hydroxylation sites is 2. The van der Waals surface area contributed by atoms with Crippen molar-refractivity contribution in [2.45, 2.75) is 20.8 Å². The summed E-state index contributed by atoms with van der Waals surface area (Å²) < 4.78 is 3.37. The van der Waals surface area contributed by atoms with Gasteiger partial charge >= 0.3 is 0 Å². The average molecular weight is 639 g/mol. The number of fused-ring (bicyclic) bond motifs is 5. The third-order valence-corrected chi connectivity index (χ3v) is 10.7. The number of rotatable bonds is 4. The zero-order valence-corrected chi connectivity index (χ0v) is 27.6. The summed E-state index contributed by atoms with van der Waals surface area (Å²) in [6, 6.07) is 42.9. The number of benzene rings is 6. The van der Waals surface area contributed by atoms with Gasteiger partial charge in [0.2, 0.25) is 0 Å². The van der Waals surface area contributed by atoms with Crippen molar-refractivity contribution in [2.24, 2.45) is 0 Å². The van der Waals surface area contributed by atoms with E-state index in [1.54, 1.807) is 11.3 Å². The molecule has 0 atom stereocenters. The Balaban J connectivity index is 1.44. The van der Waals surface area contributed by atoms with Crippen molar-refractivity contribution in [2.75, 3.05) is 4.90 Å². The lowest BCUT2D eigenvalue weighted by Crippen LogP contribution is -2.18. The van der Waals surface area contributed by atoms with Crippen LogP contribution in [0.4, 0.5) is 17.1 Å². The van der Waals surface area contributed by atoms with Crippen LogP contribution in [0.3, 0.4) is 0 Å². The predicted molar refractivity (Wildman–Crippen MR) is 203 cm³/mol. The number of aryl methyl sites for hydroxylation is 3. The Morgan fingerprint density at radius 1 is 0.604 bits per heavy atom. The first kappa shape index (κ1) is 28.4. The third-order valence-electron chi connectivity index (χ3n) is 9.54. The normalized spacial score (nSPS) is 11.8. The van der Waals surface area contributed by atoms with Crippen molar-refractivity contribution in [1.29, 1.82) is 0 Å². The summed E-state index contributed by atoms with van der Waals surface area (Å²) in [6.07, 6.45) is 0. The zero-order valence-electron chi connectivity index (χ0n) is 26.7. The van der Waals surface area contributed by atoms with E-state index >= 15 is 0 Å². The SMILES string of the molecule is Cc1cc(C)c(N(c2ccccc2)c2cccc3c2c(=O)c2cccc4c(=O)c5ccc(-c6cc7ccccc7s6)cc5n3c42)c(C)c1. The molecule has 0 unspecified atom stereocenters. The molecule has 9 rings (SSSR count). The molecule has 6 aromatic carbocycles. The first-order valence-corrected chi connectivity index (χ1v) is 16.9. The summed E-state index contributed by atoms with van der Waals surface area (Å²) in [5, 5.41) is 3.51. The van der Waals surface area contributed by atoms with Gasteiger partial charge in [0, 0.05) is 31.4 Å². The maximum Gasteiger partial charge on any atom is 0.199 e. The van der Waals surface area contributed by atoms with Gasteiger partial charge in [-0.2, -0.15) is 0 Å². The van der Waals surface area contributed by atoms with Crippen LogP contribution >= 0.6 is 11.3 Å². The molecule has 0 fully saturated rings. The minimum atomic E-state index is -0.0889. The second kappa shape index (κ2) is 10.6. The Labute approximate surface area is 280 Å². The Hall–Kier alpha value is -5.78. The second-order valence-corrected chi connectivity index (χ2v) is 13.7. The Morgan fingerprint density at radius 3 is 2.08 bits per heavy atom. The lowest BCUT2D eigenvalue weighted by molar-refractivity contribution is 1.21. The van der Waals surface area contributed by atoms with Crippen molar-refractivity contribution in [1.82, 2.24) is 4.40 Å². The lowest BCUT2D eigenvalue weighted by atomic mass is 9.99. The van der Waals surface area contributed by atoms with Crippen LogP contribution in [0.1, 0.15) is 16.7 Å². The topological polar surface area (TPSA) is 41.8 Å². The summed E-state index contributed by atoms with van der Waals surface area (Å²) in [6.45, 7) is 6.37. The number of anilines is 3. The molecular formula is C43H30N2O2S. The largest absolute Gasteiger partial charge is 0.309 e. The van der Waals surface area contributed by atoms with Crippen LogP contribution in [0.15, 0.2) is 137 Å². The second-order valence-electron chi connectivity index (χ2n) is 12.7. The highest BCUT2D eigenvalue weighted by Crippen LogP contribution is 2.43.